The monoisotopic (exact) mass is 248 g/mol. The number of aliphatic hydroxyl groups excluding tert-OH is 1. The molecule has 1 aromatic heterocycles. The highest BCUT2D eigenvalue weighted by Gasteiger charge is 2.32. The number of halogens is 1. The van der Waals surface area contributed by atoms with Gasteiger partial charge in [0, 0.05) is 18.7 Å². The number of aliphatic hydroxyl groups is 1. The Labute approximate surface area is 106 Å². The molecular formula is C14H17FN2O. The van der Waals surface area contributed by atoms with Gasteiger partial charge in [-0.05, 0) is 23.8 Å². The molecule has 0 radical (unpaired) electrons. The van der Waals surface area contributed by atoms with E-state index in [1.807, 2.05) is 13.8 Å². The summed E-state index contributed by atoms with van der Waals surface area (Å²) in [5.41, 5.74) is 1.11. The number of aryl methyl sites for hydroxylation is 1. The summed E-state index contributed by atoms with van der Waals surface area (Å²) in [6.45, 7) is 3.86. The number of rotatable bonds is 3. The zero-order valence-corrected chi connectivity index (χ0v) is 10.8. The minimum atomic E-state index is -0.699. The van der Waals surface area contributed by atoms with E-state index in [1.54, 1.807) is 36.1 Å². The molecule has 0 saturated heterocycles. The van der Waals surface area contributed by atoms with Gasteiger partial charge in [-0.3, -0.25) is 4.68 Å². The fourth-order valence-electron chi connectivity index (χ4n) is 2.06. The third-order valence-corrected chi connectivity index (χ3v) is 3.41. The summed E-state index contributed by atoms with van der Waals surface area (Å²) < 4.78 is 14.6. The van der Waals surface area contributed by atoms with Crippen LogP contribution in [0.3, 0.4) is 0 Å². The largest absolute Gasteiger partial charge is 0.386 e. The van der Waals surface area contributed by atoms with Crippen molar-refractivity contribution in [3.05, 3.63) is 53.6 Å². The van der Waals surface area contributed by atoms with Crippen LogP contribution in [0.4, 0.5) is 4.39 Å². The Morgan fingerprint density at radius 2 is 1.83 bits per heavy atom. The highest BCUT2D eigenvalue weighted by Crippen LogP contribution is 2.36. The predicted octanol–water partition coefficient (Wildman–Crippen LogP) is 2.57. The molecule has 1 N–H and O–H groups in total. The second kappa shape index (κ2) is 4.53. The molecule has 0 aliphatic heterocycles. The quantitative estimate of drug-likeness (QED) is 0.906. The Morgan fingerprint density at radius 1 is 1.22 bits per heavy atom. The topological polar surface area (TPSA) is 38.0 Å². The van der Waals surface area contributed by atoms with Gasteiger partial charge in [0.1, 0.15) is 11.9 Å². The van der Waals surface area contributed by atoms with E-state index in [0.717, 1.165) is 11.3 Å². The van der Waals surface area contributed by atoms with Gasteiger partial charge in [0.25, 0.3) is 0 Å². The van der Waals surface area contributed by atoms with Crippen molar-refractivity contribution in [1.82, 2.24) is 9.78 Å². The lowest BCUT2D eigenvalue weighted by Crippen LogP contribution is -2.28. The first-order chi connectivity index (χ1) is 8.43. The number of benzene rings is 1. The zero-order valence-electron chi connectivity index (χ0n) is 10.8. The molecule has 2 aromatic rings. The maximum absolute atomic E-state index is 12.9. The van der Waals surface area contributed by atoms with Gasteiger partial charge in [0.05, 0.1) is 5.69 Å². The number of nitrogens with zero attached hydrogens (tertiary/aromatic N) is 2. The summed E-state index contributed by atoms with van der Waals surface area (Å²) in [6.07, 6.45) is 0.953. The van der Waals surface area contributed by atoms with Gasteiger partial charge in [0.2, 0.25) is 0 Å². The van der Waals surface area contributed by atoms with Gasteiger partial charge in [-0.2, -0.15) is 5.10 Å². The molecule has 0 aliphatic carbocycles. The molecule has 0 amide bonds. The first kappa shape index (κ1) is 12.8. The standard InChI is InChI=1S/C14H17FN2O/c1-14(2,10-4-6-11(15)7-5-10)13(18)12-8-9-16-17(12)3/h4-9,13,18H,1-3H3. The molecule has 1 unspecified atom stereocenters. The lowest BCUT2D eigenvalue weighted by molar-refractivity contribution is 0.0922. The first-order valence-corrected chi connectivity index (χ1v) is 5.85. The van der Waals surface area contributed by atoms with Crippen LogP contribution in [0.5, 0.6) is 0 Å². The lowest BCUT2D eigenvalue weighted by Gasteiger charge is -2.31. The molecular weight excluding hydrogens is 231 g/mol. The fraction of sp³-hybridized carbons (Fsp3) is 0.357. The summed E-state index contributed by atoms with van der Waals surface area (Å²) in [6, 6.07) is 8.01. The van der Waals surface area contributed by atoms with Gasteiger partial charge in [-0.1, -0.05) is 26.0 Å². The normalized spacial score (nSPS) is 13.6. The van der Waals surface area contributed by atoms with E-state index < -0.39 is 11.5 Å². The van der Waals surface area contributed by atoms with Crippen molar-refractivity contribution in [2.45, 2.75) is 25.4 Å². The van der Waals surface area contributed by atoms with Gasteiger partial charge in [-0.25, -0.2) is 4.39 Å². The SMILES string of the molecule is Cn1nccc1C(O)C(C)(C)c1ccc(F)cc1. The van der Waals surface area contributed by atoms with Crippen LogP contribution in [-0.2, 0) is 12.5 Å². The minimum Gasteiger partial charge on any atom is -0.386 e. The average Bonchev–Trinajstić information content (AvgIpc) is 2.75. The Morgan fingerprint density at radius 3 is 2.33 bits per heavy atom. The summed E-state index contributed by atoms with van der Waals surface area (Å²) in [7, 11) is 1.79. The van der Waals surface area contributed by atoms with Crippen LogP contribution in [0.15, 0.2) is 36.5 Å². The first-order valence-electron chi connectivity index (χ1n) is 5.85. The van der Waals surface area contributed by atoms with E-state index >= 15 is 0 Å². The molecule has 0 spiro atoms. The summed E-state index contributed by atoms with van der Waals surface area (Å²) >= 11 is 0. The number of hydrogen-bond acceptors (Lipinski definition) is 2. The Kier molecular flexibility index (Phi) is 3.22. The zero-order chi connectivity index (χ0) is 13.3. The predicted molar refractivity (Wildman–Crippen MR) is 67.6 cm³/mol. The van der Waals surface area contributed by atoms with Crippen LogP contribution in [-0.4, -0.2) is 14.9 Å². The summed E-state index contributed by atoms with van der Waals surface area (Å²) in [4.78, 5) is 0. The molecule has 18 heavy (non-hydrogen) atoms. The second-order valence-corrected chi connectivity index (χ2v) is 5.01. The highest BCUT2D eigenvalue weighted by atomic mass is 19.1. The van der Waals surface area contributed by atoms with Crippen LogP contribution < -0.4 is 0 Å². The maximum Gasteiger partial charge on any atom is 0.123 e. The maximum atomic E-state index is 12.9. The summed E-state index contributed by atoms with van der Waals surface area (Å²) in [5, 5.41) is 14.5. The molecule has 96 valence electrons. The molecule has 0 bridgehead atoms. The fourth-order valence-corrected chi connectivity index (χ4v) is 2.06. The van der Waals surface area contributed by atoms with E-state index in [9.17, 15) is 9.50 Å². The van der Waals surface area contributed by atoms with Gasteiger partial charge < -0.3 is 5.11 Å². The molecule has 0 aliphatic rings. The molecule has 0 saturated carbocycles. The van der Waals surface area contributed by atoms with Gasteiger partial charge >= 0.3 is 0 Å². The van der Waals surface area contributed by atoms with Gasteiger partial charge in [0.15, 0.2) is 0 Å². The second-order valence-electron chi connectivity index (χ2n) is 5.01. The van der Waals surface area contributed by atoms with E-state index in [-0.39, 0.29) is 5.82 Å². The van der Waals surface area contributed by atoms with Crippen molar-refractivity contribution >= 4 is 0 Å². The van der Waals surface area contributed by atoms with E-state index in [0.29, 0.717) is 0 Å². The molecule has 3 nitrogen and oxygen atoms in total. The van der Waals surface area contributed by atoms with E-state index in [1.165, 1.54) is 12.1 Å². The van der Waals surface area contributed by atoms with Crippen molar-refractivity contribution in [2.75, 3.05) is 0 Å². The molecule has 1 heterocycles. The average molecular weight is 248 g/mol. The van der Waals surface area contributed by atoms with Crippen LogP contribution in [0, 0.1) is 5.82 Å². The van der Waals surface area contributed by atoms with Crippen LogP contribution in [0.25, 0.3) is 0 Å². The number of hydrogen-bond donors (Lipinski definition) is 1. The van der Waals surface area contributed by atoms with Crippen LogP contribution in [0.2, 0.25) is 0 Å². The highest BCUT2D eigenvalue weighted by molar-refractivity contribution is 5.28. The molecule has 0 fully saturated rings. The van der Waals surface area contributed by atoms with Crippen molar-refractivity contribution in [3.8, 4) is 0 Å². The Balaban J connectivity index is 2.36. The number of aromatic nitrogens is 2. The third kappa shape index (κ3) is 2.16. The van der Waals surface area contributed by atoms with Crippen molar-refractivity contribution in [3.63, 3.8) is 0 Å². The smallest absolute Gasteiger partial charge is 0.123 e. The molecule has 4 heteroatoms. The molecule has 1 atom stereocenters. The van der Waals surface area contributed by atoms with Gasteiger partial charge in [-0.15, -0.1) is 0 Å². The van der Waals surface area contributed by atoms with Crippen LogP contribution >= 0.6 is 0 Å². The van der Waals surface area contributed by atoms with Crippen molar-refractivity contribution < 1.29 is 9.50 Å². The summed E-state index contributed by atoms with van der Waals surface area (Å²) in [5.74, 6) is -0.274. The van der Waals surface area contributed by atoms with Crippen molar-refractivity contribution in [2.24, 2.45) is 7.05 Å². The molecule has 2 rings (SSSR count). The minimum absolute atomic E-state index is 0.274. The lowest BCUT2D eigenvalue weighted by atomic mass is 9.78. The Bertz CT molecular complexity index is 531. The van der Waals surface area contributed by atoms with E-state index in [4.69, 9.17) is 0 Å². The third-order valence-electron chi connectivity index (χ3n) is 3.41. The van der Waals surface area contributed by atoms with Crippen LogP contribution in [0.1, 0.15) is 31.2 Å². The Hall–Kier alpha value is -1.68. The van der Waals surface area contributed by atoms with Crippen molar-refractivity contribution in [1.29, 1.82) is 0 Å². The van der Waals surface area contributed by atoms with E-state index in [2.05, 4.69) is 5.10 Å². The molecule has 1 aromatic carbocycles.